The number of nitrogens with one attached hydrogen (secondary N) is 1. The van der Waals surface area contributed by atoms with Crippen molar-refractivity contribution < 1.29 is 19.0 Å². The summed E-state index contributed by atoms with van der Waals surface area (Å²) in [6, 6.07) is 5.88. The van der Waals surface area contributed by atoms with Gasteiger partial charge in [0.1, 0.15) is 0 Å². The minimum Gasteiger partial charge on any atom is -0.481 e. The Labute approximate surface area is 112 Å². The van der Waals surface area contributed by atoms with E-state index in [2.05, 4.69) is 5.32 Å². The van der Waals surface area contributed by atoms with Gasteiger partial charge in [0.25, 0.3) is 5.91 Å². The predicted molar refractivity (Wildman–Crippen MR) is 70.4 cm³/mol. The topological polar surface area (TPSA) is 58.6 Å². The van der Waals surface area contributed by atoms with Crippen molar-refractivity contribution in [3.05, 3.63) is 30.1 Å². The molecule has 0 aromatic heterocycles. The lowest BCUT2D eigenvalue weighted by Crippen LogP contribution is -2.40. The summed E-state index contributed by atoms with van der Waals surface area (Å²) >= 11 is 0. The molecule has 106 valence electrons. The summed E-state index contributed by atoms with van der Waals surface area (Å²) in [5.41, 5.74) is -0.306. The van der Waals surface area contributed by atoms with Gasteiger partial charge in [-0.2, -0.15) is 0 Å². The number of ether oxygens (including phenoxy) is 1. The number of halogens is 1. The van der Waals surface area contributed by atoms with Gasteiger partial charge in [0.2, 0.25) is 0 Å². The zero-order valence-electron chi connectivity index (χ0n) is 11.4. The van der Waals surface area contributed by atoms with E-state index >= 15 is 0 Å². The first-order chi connectivity index (χ1) is 8.80. The van der Waals surface area contributed by atoms with Crippen LogP contribution in [0.4, 0.5) is 4.39 Å². The zero-order valence-corrected chi connectivity index (χ0v) is 11.4. The molecule has 0 heterocycles. The van der Waals surface area contributed by atoms with Crippen LogP contribution >= 0.6 is 0 Å². The highest BCUT2D eigenvalue weighted by molar-refractivity contribution is 5.77. The molecule has 19 heavy (non-hydrogen) atoms. The van der Waals surface area contributed by atoms with Gasteiger partial charge in [-0.15, -0.1) is 0 Å². The Kier molecular flexibility index (Phi) is 5.30. The first-order valence-corrected chi connectivity index (χ1v) is 6.13. The monoisotopic (exact) mass is 269 g/mol. The highest BCUT2D eigenvalue weighted by atomic mass is 19.1. The van der Waals surface area contributed by atoms with E-state index in [0.717, 1.165) is 0 Å². The van der Waals surface area contributed by atoms with Crippen LogP contribution in [0.5, 0.6) is 5.75 Å². The van der Waals surface area contributed by atoms with E-state index in [4.69, 9.17) is 4.74 Å². The van der Waals surface area contributed by atoms with Gasteiger partial charge in [-0.05, 0) is 17.5 Å². The molecule has 1 amide bonds. The van der Waals surface area contributed by atoms with Crippen molar-refractivity contribution in [2.24, 2.45) is 5.41 Å². The molecule has 1 aromatic rings. The maximum atomic E-state index is 13.2. The largest absolute Gasteiger partial charge is 0.481 e. The van der Waals surface area contributed by atoms with E-state index in [1.807, 2.05) is 20.8 Å². The molecule has 0 aliphatic rings. The average molecular weight is 269 g/mol. The summed E-state index contributed by atoms with van der Waals surface area (Å²) in [5, 5.41) is 12.3. The summed E-state index contributed by atoms with van der Waals surface area (Å²) < 4.78 is 18.3. The molecule has 1 rings (SSSR count). The van der Waals surface area contributed by atoms with E-state index in [9.17, 15) is 14.3 Å². The lowest BCUT2D eigenvalue weighted by Gasteiger charge is -2.25. The number of carbonyl (C=O) groups is 1. The Morgan fingerprint density at radius 1 is 1.42 bits per heavy atom. The highest BCUT2D eigenvalue weighted by Gasteiger charge is 2.22. The normalized spacial score (nSPS) is 12.9. The number of para-hydroxylation sites is 1. The van der Waals surface area contributed by atoms with Gasteiger partial charge in [-0.25, -0.2) is 4.39 Å². The Morgan fingerprint density at radius 2 is 2.05 bits per heavy atom. The fourth-order valence-corrected chi connectivity index (χ4v) is 1.27. The fraction of sp³-hybridized carbons (Fsp3) is 0.500. The first kappa shape index (κ1) is 15.4. The number of hydrogen-bond donors (Lipinski definition) is 2. The molecule has 4 nitrogen and oxygen atoms in total. The Hall–Kier alpha value is -1.62. The third-order valence-electron chi connectivity index (χ3n) is 2.69. The third kappa shape index (κ3) is 5.26. The molecular weight excluding hydrogens is 249 g/mol. The molecule has 1 unspecified atom stereocenters. The van der Waals surface area contributed by atoms with Crippen LogP contribution in [0.1, 0.15) is 20.8 Å². The molecule has 0 spiro atoms. The molecule has 1 aromatic carbocycles. The lowest BCUT2D eigenvalue weighted by atomic mass is 9.89. The van der Waals surface area contributed by atoms with Crippen LogP contribution in [-0.4, -0.2) is 30.3 Å². The van der Waals surface area contributed by atoms with Crippen LogP contribution in [0, 0.1) is 11.2 Å². The molecular formula is C14H20FNO3. The molecule has 0 fully saturated rings. The second-order valence-electron chi connectivity index (χ2n) is 5.40. The molecule has 0 aliphatic heterocycles. The number of carbonyl (C=O) groups excluding carboxylic acids is 1. The van der Waals surface area contributed by atoms with Crippen LogP contribution in [0.2, 0.25) is 0 Å². The predicted octanol–water partition coefficient (Wildman–Crippen LogP) is 1.73. The number of hydrogen-bond acceptors (Lipinski definition) is 3. The SMILES string of the molecule is CC(C)(C)C(O)CNC(=O)COc1ccccc1F. The third-order valence-corrected chi connectivity index (χ3v) is 2.69. The van der Waals surface area contributed by atoms with Gasteiger partial charge >= 0.3 is 0 Å². The number of rotatable bonds is 5. The Balaban J connectivity index is 2.35. The number of amides is 1. The number of aliphatic hydroxyl groups is 1. The fourth-order valence-electron chi connectivity index (χ4n) is 1.27. The van der Waals surface area contributed by atoms with Crippen molar-refractivity contribution in [2.75, 3.05) is 13.2 Å². The van der Waals surface area contributed by atoms with Crippen LogP contribution in [-0.2, 0) is 4.79 Å². The molecule has 2 N–H and O–H groups in total. The van der Waals surface area contributed by atoms with Gasteiger partial charge in [-0.3, -0.25) is 4.79 Å². The second kappa shape index (κ2) is 6.52. The van der Waals surface area contributed by atoms with Crippen LogP contribution in [0.25, 0.3) is 0 Å². The zero-order chi connectivity index (χ0) is 14.5. The quantitative estimate of drug-likeness (QED) is 0.856. The van der Waals surface area contributed by atoms with Crippen molar-refractivity contribution in [2.45, 2.75) is 26.9 Å². The van der Waals surface area contributed by atoms with Gasteiger partial charge < -0.3 is 15.2 Å². The number of benzene rings is 1. The molecule has 0 bridgehead atoms. The van der Waals surface area contributed by atoms with Gasteiger partial charge in [-0.1, -0.05) is 32.9 Å². The van der Waals surface area contributed by atoms with Crippen molar-refractivity contribution in [3.63, 3.8) is 0 Å². The summed E-state index contributed by atoms with van der Waals surface area (Å²) in [6.07, 6.45) is -0.648. The van der Waals surface area contributed by atoms with Crippen molar-refractivity contribution in [1.29, 1.82) is 0 Å². The van der Waals surface area contributed by atoms with Gasteiger partial charge in [0, 0.05) is 6.54 Å². The summed E-state index contributed by atoms with van der Waals surface area (Å²) in [7, 11) is 0. The van der Waals surface area contributed by atoms with Crippen LogP contribution < -0.4 is 10.1 Å². The van der Waals surface area contributed by atoms with Gasteiger partial charge in [0.05, 0.1) is 6.10 Å². The maximum absolute atomic E-state index is 13.2. The first-order valence-electron chi connectivity index (χ1n) is 6.13. The summed E-state index contributed by atoms with van der Waals surface area (Å²) in [5.74, 6) is -0.870. The molecule has 0 saturated carbocycles. The van der Waals surface area contributed by atoms with Crippen molar-refractivity contribution in [3.8, 4) is 5.75 Å². The second-order valence-corrected chi connectivity index (χ2v) is 5.40. The molecule has 0 radical (unpaired) electrons. The van der Waals surface area contributed by atoms with E-state index in [1.165, 1.54) is 12.1 Å². The lowest BCUT2D eigenvalue weighted by molar-refractivity contribution is -0.123. The van der Waals surface area contributed by atoms with E-state index in [1.54, 1.807) is 12.1 Å². The Bertz CT molecular complexity index is 429. The minimum atomic E-state index is -0.648. The van der Waals surface area contributed by atoms with E-state index < -0.39 is 17.8 Å². The van der Waals surface area contributed by atoms with Crippen LogP contribution in [0.3, 0.4) is 0 Å². The smallest absolute Gasteiger partial charge is 0.258 e. The minimum absolute atomic E-state index is 0.0361. The number of aliphatic hydroxyl groups excluding tert-OH is 1. The average Bonchev–Trinajstić information content (AvgIpc) is 2.33. The van der Waals surface area contributed by atoms with Gasteiger partial charge in [0.15, 0.2) is 18.2 Å². The highest BCUT2D eigenvalue weighted by Crippen LogP contribution is 2.18. The van der Waals surface area contributed by atoms with E-state index in [0.29, 0.717) is 0 Å². The van der Waals surface area contributed by atoms with Crippen LogP contribution in [0.15, 0.2) is 24.3 Å². The molecule has 0 aliphatic carbocycles. The van der Waals surface area contributed by atoms with E-state index in [-0.39, 0.29) is 24.3 Å². The molecule has 5 heteroatoms. The van der Waals surface area contributed by atoms with Crippen molar-refractivity contribution >= 4 is 5.91 Å². The maximum Gasteiger partial charge on any atom is 0.258 e. The standard InChI is InChI=1S/C14H20FNO3/c1-14(2,3)12(17)8-16-13(18)9-19-11-7-5-4-6-10(11)15/h4-7,12,17H,8-9H2,1-3H3,(H,16,18). The molecule has 0 saturated heterocycles. The Morgan fingerprint density at radius 3 is 2.63 bits per heavy atom. The summed E-state index contributed by atoms with van der Waals surface area (Å²) in [6.45, 7) is 5.49. The van der Waals surface area contributed by atoms with Crippen molar-refractivity contribution in [1.82, 2.24) is 5.32 Å². The molecule has 1 atom stereocenters. The summed E-state index contributed by atoms with van der Waals surface area (Å²) in [4.78, 5) is 11.5.